The van der Waals surface area contributed by atoms with Gasteiger partial charge in [0.1, 0.15) is 0 Å². The fourth-order valence-electron chi connectivity index (χ4n) is 3.66. The Morgan fingerprint density at radius 1 is 1.12 bits per heavy atom. The molecule has 3 atom stereocenters. The van der Waals surface area contributed by atoms with E-state index in [1.54, 1.807) is 0 Å². The lowest BCUT2D eigenvalue weighted by Crippen LogP contribution is -2.39. The monoisotopic (exact) mass is 359 g/mol. The van der Waals surface area contributed by atoms with Crippen molar-refractivity contribution in [2.45, 2.75) is 25.6 Å². The first-order valence-electron chi connectivity index (χ1n) is 8.78. The van der Waals surface area contributed by atoms with E-state index in [-0.39, 0.29) is 43.6 Å². The van der Waals surface area contributed by atoms with Crippen LogP contribution < -0.4 is 9.47 Å². The summed E-state index contributed by atoms with van der Waals surface area (Å²) < 4.78 is 16.1. The number of imide groups is 1. The Morgan fingerprint density at radius 2 is 1.81 bits per heavy atom. The zero-order valence-corrected chi connectivity index (χ0v) is 14.3. The average Bonchev–Trinajstić information content (AvgIpc) is 3.21. The first kappa shape index (κ1) is 17.1. The SMILES string of the molecule is O=C1[C@@H]2CC=CC[C@H]2C(=O)N1C[C@@H](O)COCc1ccc2c(c1)OCO2. The maximum atomic E-state index is 12.4. The van der Waals surface area contributed by atoms with Gasteiger partial charge in [0.25, 0.3) is 0 Å². The van der Waals surface area contributed by atoms with E-state index >= 15 is 0 Å². The van der Waals surface area contributed by atoms with Crippen molar-refractivity contribution in [3.8, 4) is 11.5 Å². The van der Waals surface area contributed by atoms with Crippen LogP contribution in [-0.2, 0) is 20.9 Å². The van der Waals surface area contributed by atoms with Crippen molar-refractivity contribution < 1.29 is 28.9 Å². The molecule has 0 unspecified atom stereocenters. The van der Waals surface area contributed by atoms with Crippen LogP contribution in [0.1, 0.15) is 18.4 Å². The van der Waals surface area contributed by atoms with Gasteiger partial charge in [0.15, 0.2) is 11.5 Å². The van der Waals surface area contributed by atoms with Gasteiger partial charge in [-0.1, -0.05) is 18.2 Å². The topological polar surface area (TPSA) is 85.3 Å². The Balaban J connectivity index is 1.27. The number of fused-ring (bicyclic) bond motifs is 2. The highest BCUT2D eigenvalue weighted by Crippen LogP contribution is 2.35. The number of carbonyl (C=O) groups excluding carboxylic acids is 2. The van der Waals surface area contributed by atoms with E-state index in [0.29, 0.717) is 30.9 Å². The van der Waals surface area contributed by atoms with E-state index < -0.39 is 6.10 Å². The van der Waals surface area contributed by atoms with Crippen LogP contribution >= 0.6 is 0 Å². The van der Waals surface area contributed by atoms with Gasteiger partial charge in [-0.05, 0) is 30.5 Å². The van der Waals surface area contributed by atoms with Crippen LogP contribution in [0, 0.1) is 11.8 Å². The molecule has 3 aliphatic rings. The highest BCUT2D eigenvalue weighted by molar-refractivity contribution is 6.05. The Morgan fingerprint density at radius 3 is 2.54 bits per heavy atom. The van der Waals surface area contributed by atoms with Crippen LogP contribution in [0.4, 0.5) is 0 Å². The molecular weight excluding hydrogens is 338 g/mol. The van der Waals surface area contributed by atoms with E-state index in [0.717, 1.165) is 5.56 Å². The summed E-state index contributed by atoms with van der Waals surface area (Å²) in [5.41, 5.74) is 0.895. The fourth-order valence-corrected chi connectivity index (χ4v) is 3.66. The number of hydrogen-bond acceptors (Lipinski definition) is 6. The van der Waals surface area contributed by atoms with Crippen LogP contribution in [-0.4, -0.2) is 47.9 Å². The molecular formula is C19H21NO6. The summed E-state index contributed by atoms with van der Waals surface area (Å²) in [5.74, 6) is 0.480. The van der Waals surface area contributed by atoms with Crippen molar-refractivity contribution in [2.75, 3.05) is 19.9 Å². The van der Waals surface area contributed by atoms with Gasteiger partial charge in [-0.2, -0.15) is 0 Å². The predicted octanol–water partition coefficient (Wildman–Crippen LogP) is 1.24. The fraction of sp³-hybridized carbons (Fsp3) is 0.474. The summed E-state index contributed by atoms with van der Waals surface area (Å²) in [5, 5.41) is 10.2. The Kier molecular flexibility index (Phi) is 4.65. The summed E-state index contributed by atoms with van der Waals surface area (Å²) >= 11 is 0. The van der Waals surface area contributed by atoms with Gasteiger partial charge in [-0.15, -0.1) is 0 Å². The maximum absolute atomic E-state index is 12.4. The highest BCUT2D eigenvalue weighted by Gasteiger charge is 2.47. The van der Waals surface area contributed by atoms with Gasteiger partial charge < -0.3 is 19.3 Å². The standard InChI is InChI=1S/C19H21NO6/c21-13(8-20-18(22)14-3-1-2-4-15(14)19(20)23)10-24-9-12-5-6-16-17(7-12)26-11-25-16/h1-2,5-7,13-15,21H,3-4,8-11H2/t13-,14-,15-/m1/s1. The van der Waals surface area contributed by atoms with Crippen molar-refractivity contribution in [2.24, 2.45) is 11.8 Å². The molecule has 4 rings (SSSR count). The molecule has 2 amide bonds. The summed E-state index contributed by atoms with van der Waals surface area (Å²) in [6.07, 6.45) is 4.18. The van der Waals surface area contributed by atoms with E-state index in [9.17, 15) is 14.7 Å². The molecule has 0 radical (unpaired) electrons. The number of aliphatic hydroxyl groups is 1. The zero-order chi connectivity index (χ0) is 18.1. The van der Waals surface area contributed by atoms with Crippen LogP contribution in [0.25, 0.3) is 0 Å². The molecule has 1 aliphatic carbocycles. The van der Waals surface area contributed by atoms with Crippen molar-refractivity contribution in [3.05, 3.63) is 35.9 Å². The molecule has 7 nitrogen and oxygen atoms in total. The molecule has 2 aliphatic heterocycles. The van der Waals surface area contributed by atoms with Gasteiger partial charge in [-0.25, -0.2) is 0 Å². The largest absolute Gasteiger partial charge is 0.454 e. The number of nitrogens with zero attached hydrogens (tertiary/aromatic N) is 1. The molecule has 1 fully saturated rings. The summed E-state index contributed by atoms with van der Waals surface area (Å²) in [7, 11) is 0. The summed E-state index contributed by atoms with van der Waals surface area (Å²) in [6, 6.07) is 5.51. The number of hydrogen-bond donors (Lipinski definition) is 1. The molecule has 0 bridgehead atoms. The molecule has 1 N–H and O–H groups in total. The van der Waals surface area contributed by atoms with Gasteiger partial charge >= 0.3 is 0 Å². The Bertz CT molecular complexity index is 720. The molecule has 0 saturated carbocycles. The molecule has 2 heterocycles. The number of carbonyl (C=O) groups is 2. The lowest BCUT2D eigenvalue weighted by molar-refractivity contribution is -0.142. The number of allylic oxidation sites excluding steroid dienone is 2. The van der Waals surface area contributed by atoms with Crippen LogP contribution in [0.15, 0.2) is 30.4 Å². The van der Waals surface area contributed by atoms with Crippen molar-refractivity contribution in [1.29, 1.82) is 0 Å². The second-order valence-corrected chi connectivity index (χ2v) is 6.80. The third kappa shape index (κ3) is 3.20. The minimum Gasteiger partial charge on any atom is -0.454 e. The summed E-state index contributed by atoms with van der Waals surface area (Å²) in [6.45, 7) is 0.531. The van der Waals surface area contributed by atoms with Crippen LogP contribution in [0.3, 0.4) is 0 Å². The second-order valence-electron chi connectivity index (χ2n) is 6.80. The Labute approximate surface area is 151 Å². The van der Waals surface area contributed by atoms with Gasteiger partial charge in [0.05, 0.1) is 37.7 Å². The number of amides is 2. The molecule has 1 saturated heterocycles. The van der Waals surface area contributed by atoms with Gasteiger partial charge in [-0.3, -0.25) is 14.5 Å². The van der Waals surface area contributed by atoms with E-state index in [1.165, 1.54) is 4.90 Å². The van der Waals surface area contributed by atoms with Crippen molar-refractivity contribution in [3.63, 3.8) is 0 Å². The summed E-state index contributed by atoms with van der Waals surface area (Å²) in [4.78, 5) is 26.0. The molecule has 138 valence electrons. The lowest BCUT2D eigenvalue weighted by Gasteiger charge is -2.19. The molecule has 0 aromatic heterocycles. The lowest BCUT2D eigenvalue weighted by atomic mass is 9.85. The minimum absolute atomic E-state index is 0.0220. The third-order valence-electron chi connectivity index (χ3n) is 5.01. The number of β-amino-alcohol motifs (C(OH)–C–C–N with tert-alkyl or cyclic N) is 1. The van der Waals surface area contributed by atoms with Crippen molar-refractivity contribution in [1.82, 2.24) is 4.90 Å². The van der Waals surface area contributed by atoms with Gasteiger partial charge in [0.2, 0.25) is 18.6 Å². The number of rotatable bonds is 6. The third-order valence-corrected chi connectivity index (χ3v) is 5.01. The normalized spacial score (nSPS) is 24.9. The quantitative estimate of drug-likeness (QED) is 0.608. The zero-order valence-electron chi connectivity index (χ0n) is 14.3. The number of ether oxygens (including phenoxy) is 3. The van der Waals surface area contributed by atoms with E-state index in [4.69, 9.17) is 14.2 Å². The molecule has 0 spiro atoms. The molecule has 7 heteroatoms. The van der Waals surface area contributed by atoms with Crippen LogP contribution in [0.5, 0.6) is 11.5 Å². The van der Waals surface area contributed by atoms with Gasteiger partial charge in [0, 0.05) is 0 Å². The molecule has 1 aromatic rings. The number of likely N-dealkylation sites (tertiary alicyclic amines) is 1. The smallest absolute Gasteiger partial charge is 0.233 e. The first-order chi connectivity index (χ1) is 12.6. The molecule has 1 aromatic carbocycles. The number of aliphatic hydroxyl groups excluding tert-OH is 1. The second kappa shape index (κ2) is 7.09. The van der Waals surface area contributed by atoms with E-state index in [2.05, 4.69) is 0 Å². The maximum Gasteiger partial charge on any atom is 0.233 e. The van der Waals surface area contributed by atoms with Crippen molar-refractivity contribution >= 4 is 11.8 Å². The highest BCUT2D eigenvalue weighted by atomic mass is 16.7. The number of benzene rings is 1. The predicted molar refractivity (Wildman–Crippen MR) is 90.3 cm³/mol. The minimum atomic E-state index is -0.912. The average molecular weight is 359 g/mol. The Hall–Kier alpha value is -2.38. The van der Waals surface area contributed by atoms with Crippen LogP contribution in [0.2, 0.25) is 0 Å². The van der Waals surface area contributed by atoms with E-state index in [1.807, 2.05) is 30.4 Å². The first-order valence-corrected chi connectivity index (χ1v) is 8.78. The molecule has 26 heavy (non-hydrogen) atoms.